The van der Waals surface area contributed by atoms with Gasteiger partial charge in [-0.05, 0) is 76.7 Å². The number of alkyl halides is 4. The minimum Gasteiger partial charge on any atom is -0.363 e. The Morgan fingerprint density at radius 3 is 2.43 bits per heavy atom. The normalized spacial score (nSPS) is 27.9. The van der Waals surface area contributed by atoms with Gasteiger partial charge < -0.3 is 15.1 Å². The lowest BCUT2D eigenvalue weighted by Crippen LogP contribution is -2.43. The van der Waals surface area contributed by atoms with Gasteiger partial charge in [0.25, 0.3) is 12.3 Å². The average molecular weight is 641 g/mol. The van der Waals surface area contributed by atoms with E-state index >= 15 is 13.2 Å². The minimum atomic E-state index is -3.34. The second-order valence-corrected chi connectivity index (χ2v) is 13.3. The van der Waals surface area contributed by atoms with Crippen molar-refractivity contribution in [3.63, 3.8) is 0 Å². The summed E-state index contributed by atoms with van der Waals surface area (Å²) in [5.41, 5.74) is -0.144. The SMILES string of the molecule is C=C1C(C2(C#N)CC2)=Cc2c3ncnc2N1C(C(F)F)CCCCCCCN1CCC(CC1)C(F)(F)c1cccc(c1F)[C@@H](C)N3. The number of nitrogens with one attached hydrogen (secondary N) is 1. The lowest BCUT2D eigenvalue weighted by Gasteiger charge is -2.39. The van der Waals surface area contributed by atoms with E-state index < -0.39 is 47.1 Å². The van der Waals surface area contributed by atoms with Gasteiger partial charge in [0.2, 0.25) is 0 Å². The van der Waals surface area contributed by atoms with Crippen LogP contribution in [0.5, 0.6) is 0 Å². The predicted molar refractivity (Wildman–Crippen MR) is 168 cm³/mol. The summed E-state index contributed by atoms with van der Waals surface area (Å²) in [5.74, 6) is -4.80. The summed E-state index contributed by atoms with van der Waals surface area (Å²) in [5, 5.41) is 13.2. The second-order valence-electron chi connectivity index (χ2n) is 13.3. The molecule has 0 amide bonds. The van der Waals surface area contributed by atoms with E-state index in [0.717, 1.165) is 32.2 Å². The van der Waals surface area contributed by atoms with E-state index in [0.29, 0.717) is 49.2 Å². The summed E-state index contributed by atoms with van der Waals surface area (Å²) < 4.78 is 77.5. The van der Waals surface area contributed by atoms with Crippen molar-refractivity contribution in [3.05, 3.63) is 64.9 Å². The van der Waals surface area contributed by atoms with E-state index in [4.69, 9.17) is 0 Å². The number of hydrogen-bond donors (Lipinski definition) is 1. The Labute approximate surface area is 267 Å². The highest BCUT2D eigenvalue weighted by Crippen LogP contribution is 2.57. The highest BCUT2D eigenvalue weighted by atomic mass is 19.3. The zero-order valence-corrected chi connectivity index (χ0v) is 26.2. The van der Waals surface area contributed by atoms with E-state index in [2.05, 4.69) is 32.8 Å². The summed E-state index contributed by atoms with van der Waals surface area (Å²) in [4.78, 5) is 12.5. The molecule has 0 radical (unpaired) electrons. The maximum Gasteiger partial charge on any atom is 0.278 e. The van der Waals surface area contributed by atoms with Crippen LogP contribution in [-0.4, -0.2) is 47.0 Å². The summed E-state index contributed by atoms with van der Waals surface area (Å²) >= 11 is 0. The molecule has 7 rings (SSSR count). The smallest absolute Gasteiger partial charge is 0.278 e. The number of allylic oxidation sites excluding steroid dienone is 1. The van der Waals surface area contributed by atoms with Crippen LogP contribution in [0.2, 0.25) is 0 Å². The first kappa shape index (κ1) is 32.4. The van der Waals surface area contributed by atoms with Crippen molar-refractivity contribution in [1.29, 1.82) is 5.26 Å². The van der Waals surface area contributed by atoms with Gasteiger partial charge in [0.15, 0.2) is 0 Å². The van der Waals surface area contributed by atoms with Gasteiger partial charge in [-0.1, -0.05) is 50.5 Å². The van der Waals surface area contributed by atoms with Crippen LogP contribution < -0.4 is 10.2 Å². The number of nitrogens with zero attached hydrogens (tertiary/aromatic N) is 5. The van der Waals surface area contributed by atoms with Gasteiger partial charge in [-0.15, -0.1) is 0 Å². The molecule has 1 aliphatic carbocycles. The Morgan fingerprint density at radius 1 is 1.02 bits per heavy atom. The minimum absolute atomic E-state index is 0.0477. The first-order chi connectivity index (χ1) is 22.1. The second kappa shape index (κ2) is 12.9. The van der Waals surface area contributed by atoms with Crippen LogP contribution in [0, 0.1) is 28.5 Å². The summed E-state index contributed by atoms with van der Waals surface area (Å²) in [7, 11) is 0. The number of fused-ring (bicyclic) bond motifs is 10. The average Bonchev–Trinajstić information content (AvgIpc) is 3.84. The number of benzene rings is 1. The molecule has 1 aromatic carbocycles. The maximum atomic E-state index is 16.0. The molecule has 2 aromatic rings. The number of anilines is 2. The van der Waals surface area contributed by atoms with Crippen LogP contribution in [0.1, 0.15) is 93.9 Å². The van der Waals surface area contributed by atoms with Crippen molar-refractivity contribution in [2.75, 3.05) is 29.9 Å². The van der Waals surface area contributed by atoms with Crippen LogP contribution in [0.4, 0.5) is 33.6 Å². The third-order valence-corrected chi connectivity index (χ3v) is 10.4. The van der Waals surface area contributed by atoms with Crippen molar-refractivity contribution in [2.45, 2.75) is 95.6 Å². The summed E-state index contributed by atoms with van der Waals surface area (Å²) in [6, 6.07) is 4.42. The zero-order chi connectivity index (χ0) is 32.6. The fourth-order valence-corrected chi connectivity index (χ4v) is 7.40. The molecule has 1 saturated carbocycles. The number of piperidine rings is 1. The molecule has 1 unspecified atom stereocenters. The van der Waals surface area contributed by atoms with E-state index in [-0.39, 0.29) is 36.5 Å². The number of rotatable bonds is 2. The monoisotopic (exact) mass is 640 g/mol. The van der Waals surface area contributed by atoms with Gasteiger partial charge in [-0.3, -0.25) is 0 Å². The van der Waals surface area contributed by atoms with E-state index in [1.807, 2.05) is 0 Å². The topological polar surface area (TPSA) is 68.1 Å². The molecule has 11 heteroatoms. The number of nitriles is 1. The molecule has 8 bridgehead atoms. The Bertz CT molecular complexity index is 1520. The molecule has 5 aliphatic rings. The third-order valence-electron chi connectivity index (χ3n) is 10.4. The quantitative estimate of drug-likeness (QED) is 0.332. The Kier molecular flexibility index (Phi) is 9.12. The van der Waals surface area contributed by atoms with Crippen molar-refractivity contribution in [1.82, 2.24) is 14.9 Å². The number of aromatic nitrogens is 2. The van der Waals surface area contributed by atoms with Crippen LogP contribution in [0.3, 0.4) is 0 Å². The van der Waals surface area contributed by atoms with Gasteiger partial charge in [-0.2, -0.15) is 5.26 Å². The van der Waals surface area contributed by atoms with E-state index in [9.17, 15) is 14.0 Å². The molecule has 1 aromatic heterocycles. The van der Waals surface area contributed by atoms with Crippen molar-refractivity contribution < 1.29 is 22.0 Å². The maximum absolute atomic E-state index is 16.0. The highest BCUT2D eigenvalue weighted by Gasteiger charge is 2.51. The number of hydrogen-bond acceptors (Lipinski definition) is 6. The highest BCUT2D eigenvalue weighted by molar-refractivity contribution is 5.84. The van der Waals surface area contributed by atoms with Crippen LogP contribution in [-0.2, 0) is 5.92 Å². The van der Waals surface area contributed by atoms with Gasteiger partial charge in [-0.25, -0.2) is 31.9 Å². The lowest BCUT2D eigenvalue weighted by molar-refractivity contribution is -0.0880. The summed E-state index contributed by atoms with van der Waals surface area (Å²) in [6.45, 7) is 7.72. The molecule has 6 nitrogen and oxygen atoms in total. The fraction of sp³-hybridized carbons (Fsp3) is 0.571. The van der Waals surface area contributed by atoms with Crippen LogP contribution in [0.15, 0.2) is 42.4 Å². The molecule has 5 heterocycles. The Balaban J connectivity index is 1.42. The van der Waals surface area contributed by atoms with Crippen LogP contribution >= 0.6 is 0 Å². The lowest BCUT2D eigenvalue weighted by atomic mass is 9.85. The molecule has 1 N–H and O–H groups in total. The molecule has 2 fully saturated rings. The first-order valence-corrected chi connectivity index (χ1v) is 16.5. The van der Waals surface area contributed by atoms with Crippen molar-refractivity contribution >= 4 is 17.7 Å². The molecular weight excluding hydrogens is 599 g/mol. The molecule has 246 valence electrons. The Hall–Kier alpha value is -3.52. The first-order valence-electron chi connectivity index (χ1n) is 16.5. The summed E-state index contributed by atoms with van der Waals surface area (Å²) in [6.07, 6.45) is 6.28. The molecule has 4 aliphatic heterocycles. The van der Waals surface area contributed by atoms with E-state index in [1.54, 1.807) is 13.0 Å². The Morgan fingerprint density at radius 2 is 1.74 bits per heavy atom. The number of halogens is 5. The fourth-order valence-electron chi connectivity index (χ4n) is 7.40. The van der Waals surface area contributed by atoms with Gasteiger partial charge >= 0.3 is 0 Å². The van der Waals surface area contributed by atoms with Gasteiger partial charge in [0.05, 0.1) is 34.7 Å². The molecule has 1 saturated heterocycles. The molecule has 2 atom stereocenters. The van der Waals surface area contributed by atoms with Gasteiger partial charge in [0, 0.05) is 17.2 Å². The molecule has 46 heavy (non-hydrogen) atoms. The van der Waals surface area contributed by atoms with Crippen molar-refractivity contribution in [2.24, 2.45) is 11.3 Å². The standard InChI is InChI=1S/C35H41F5N6/c1-22-25-9-8-10-27(30(25)36)35(39,40)24-12-17-45(18-13-24)16-7-5-3-4-6-11-29(31(37)38)46-23(2)28(34(20-41)14-15-34)19-26-32(44-22)42-21-43-33(26)46/h8-10,19,21-22,24,29,31H,2-7,11-18H2,1H3,(H,42,43,44)/t22-,29?/m1/s1. The van der Waals surface area contributed by atoms with Crippen LogP contribution in [0.25, 0.3) is 6.08 Å². The third kappa shape index (κ3) is 6.01. The van der Waals surface area contributed by atoms with E-state index in [1.165, 1.54) is 29.4 Å². The largest absolute Gasteiger partial charge is 0.363 e. The molecule has 0 spiro atoms. The predicted octanol–water partition coefficient (Wildman–Crippen LogP) is 8.60. The van der Waals surface area contributed by atoms with Crippen molar-refractivity contribution in [3.8, 4) is 6.07 Å². The zero-order valence-electron chi connectivity index (χ0n) is 26.2. The van der Waals surface area contributed by atoms with Gasteiger partial charge in [0.1, 0.15) is 23.8 Å². The molecular formula is C35H41F5N6.